The average molecular weight is 386 g/mol. The van der Waals surface area contributed by atoms with E-state index in [1.165, 1.54) is 12.1 Å². The van der Waals surface area contributed by atoms with Gasteiger partial charge in [-0.05, 0) is 24.3 Å². The van der Waals surface area contributed by atoms with Gasteiger partial charge in [0.15, 0.2) is 5.78 Å². The molecule has 28 heavy (non-hydrogen) atoms. The molecule has 9 nitrogen and oxygen atoms in total. The molecule has 9 heteroatoms. The summed E-state index contributed by atoms with van der Waals surface area (Å²) < 4.78 is 9.04. The zero-order chi connectivity index (χ0) is 21.0. The van der Waals surface area contributed by atoms with Crippen molar-refractivity contribution in [2.45, 2.75) is 0 Å². The van der Waals surface area contributed by atoms with Gasteiger partial charge in [0.2, 0.25) is 0 Å². The van der Waals surface area contributed by atoms with Crippen molar-refractivity contribution in [2.24, 2.45) is 0 Å². The highest BCUT2D eigenvalue weighted by molar-refractivity contribution is 6.13. The molecule has 2 N–H and O–H groups in total. The lowest BCUT2D eigenvalue weighted by molar-refractivity contribution is 0.0579. The predicted octanol–water partition coefficient (Wildman–Crippen LogP) is 1.89. The normalized spacial score (nSPS) is 10.1. The number of ketones is 1. The highest BCUT2D eigenvalue weighted by Gasteiger charge is 2.23. The van der Waals surface area contributed by atoms with E-state index >= 15 is 0 Å². The molecule has 0 saturated carbocycles. The Morgan fingerprint density at radius 3 is 1.54 bits per heavy atom. The highest BCUT2D eigenvalue weighted by Crippen LogP contribution is 2.20. The van der Waals surface area contributed by atoms with Crippen molar-refractivity contribution >= 4 is 29.7 Å². The molecule has 144 valence electrons. The van der Waals surface area contributed by atoms with E-state index in [9.17, 15) is 29.1 Å². The number of carboxylic acid groups (broad SMARTS) is 2. The van der Waals surface area contributed by atoms with Crippen molar-refractivity contribution in [3.63, 3.8) is 0 Å². The molecule has 0 heterocycles. The van der Waals surface area contributed by atoms with Crippen LogP contribution < -0.4 is 0 Å². The third-order valence-corrected chi connectivity index (χ3v) is 3.83. The standard InChI is InChI=1S/C19H14O9/c1-27-18(25)12-6-4-9(7-13(12)17(23)24)15(20)10-3-5-11(16(21)22)14(8-10)19(26)28-2/h3-8H,1-2H3,(H,21,22)(H,23,24). The minimum absolute atomic E-state index is 0.0624. The summed E-state index contributed by atoms with van der Waals surface area (Å²) >= 11 is 0. The van der Waals surface area contributed by atoms with Gasteiger partial charge in [0.25, 0.3) is 0 Å². The number of methoxy groups -OCH3 is 2. The molecular formula is C19H14O9. The second kappa shape index (κ2) is 8.12. The molecule has 0 saturated heterocycles. The number of benzene rings is 2. The largest absolute Gasteiger partial charge is 0.478 e. The number of carboxylic acids is 2. The molecule has 0 aliphatic carbocycles. The summed E-state index contributed by atoms with van der Waals surface area (Å²) in [6.07, 6.45) is 0. The van der Waals surface area contributed by atoms with Crippen LogP contribution in [0.15, 0.2) is 36.4 Å². The molecule has 0 aliphatic heterocycles. The fourth-order valence-electron chi connectivity index (χ4n) is 2.47. The third-order valence-electron chi connectivity index (χ3n) is 3.83. The maximum Gasteiger partial charge on any atom is 0.338 e. The molecule has 0 aromatic heterocycles. The Labute approximate surface area is 158 Å². The number of carbonyl (C=O) groups is 5. The first-order valence-electron chi connectivity index (χ1n) is 7.67. The van der Waals surface area contributed by atoms with Crippen molar-refractivity contribution in [3.05, 3.63) is 69.8 Å². The fourth-order valence-corrected chi connectivity index (χ4v) is 2.47. The lowest BCUT2D eigenvalue weighted by Crippen LogP contribution is -2.14. The topological polar surface area (TPSA) is 144 Å². The summed E-state index contributed by atoms with van der Waals surface area (Å²) in [5.41, 5.74) is -1.49. The second-order valence-corrected chi connectivity index (χ2v) is 5.44. The predicted molar refractivity (Wildman–Crippen MR) is 92.9 cm³/mol. The summed E-state index contributed by atoms with van der Waals surface area (Å²) in [6.45, 7) is 0. The summed E-state index contributed by atoms with van der Waals surface area (Å²) in [4.78, 5) is 58.8. The van der Waals surface area contributed by atoms with Gasteiger partial charge < -0.3 is 19.7 Å². The van der Waals surface area contributed by atoms with Gasteiger partial charge in [0.1, 0.15) is 0 Å². The minimum Gasteiger partial charge on any atom is -0.478 e. The Balaban J connectivity index is 2.56. The van der Waals surface area contributed by atoms with E-state index in [-0.39, 0.29) is 27.8 Å². The van der Waals surface area contributed by atoms with Crippen LogP contribution in [-0.2, 0) is 9.47 Å². The Bertz CT molecular complexity index is 1000. The Morgan fingerprint density at radius 2 is 1.07 bits per heavy atom. The van der Waals surface area contributed by atoms with Crippen molar-refractivity contribution in [3.8, 4) is 0 Å². The van der Waals surface area contributed by atoms with Gasteiger partial charge in [0, 0.05) is 11.1 Å². The summed E-state index contributed by atoms with van der Waals surface area (Å²) in [6, 6.07) is 6.67. The zero-order valence-electron chi connectivity index (χ0n) is 14.7. The first kappa shape index (κ1) is 20.3. The van der Waals surface area contributed by atoms with Crippen LogP contribution in [-0.4, -0.2) is 54.1 Å². The van der Waals surface area contributed by atoms with Gasteiger partial charge >= 0.3 is 23.9 Å². The number of hydrogen-bond acceptors (Lipinski definition) is 7. The SMILES string of the molecule is COC(=O)c1ccc(C(=O)c2ccc(C(=O)O)c(C(=O)OC)c2)cc1C(=O)O. The molecule has 0 bridgehead atoms. The molecule has 0 fully saturated rings. The lowest BCUT2D eigenvalue weighted by atomic mass is 9.95. The van der Waals surface area contributed by atoms with Crippen LogP contribution in [0.25, 0.3) is 0 Å². The van der Waals surface area contributed by atoms with Crippen molar-refractivity contribution < 1.29 is 43.7 Å². The summed E-state index contributed by atoms with van der Waals surface area (Å²) in [5, 5.41) is 18.4. The Kier molecular flexibility index (Phi) is 5.89. The van der Waals surface area contributed by atoms with Crippen LogP contribution in [0, 0.1) is 0 Å². The molecule has 0 amide bonds. The van der Waals surface area contributed by atoms with E-state index in [0.717, 1.165) is 38.5 Å². The first-order chi connectivity index (χ1) is 13.2. The van der Waals surface area contributed by atoms with Crippen molar-refractivity contribution in [1.82, 2.24) is 0 Å². The van der Waals surface area contributed by atoms with Crippen LogP contribution >= 0.6 is 0 Å². The summed E-state index contributed by atoms with van der Waals surface area (Å²) in [5.74, 6) is -5.32. The van der Waals surface area contributed by atoms with E-state index in [1.54, 1.807) is 0 Å². The Morgan fingerprint density at radius 1 is 0.643 bits per heavy atom. The molecule has 0 unspecified atom stereocenters. The maximum atomic E-state index is 12.7. The zero-order valence-corrected chi connectivity index (χ0v) is 14.7. The van der Waals surface area contributed by atoms with Gasteiger partial charge in [-0.1, -0.05) is 12.1 Å². The average Bonchev–Trinajstić information content (AvgIpc) is 2.70. The van der Waals surface area contributed by atoms with E-state index < -0.39 is 35.2 Å². The summed E-state index contributed by atoms with van der Waals surface area (Å²) in [7, 11) is 2.15. The highest BCUT2D eigenvalue weighted by atomic mass is 16.5. The number of ether oxygens (including phenoxy) is 2. The number of carbonyl (C=O) groups excluding carboxylic acids is 3. The van der Waals surface area contributed by atoms with Crippen LogP contribution in [0.3, 0.4) is 0 Å². The smallest absolute Gasteiger partial charge is 0.338 e. The third kappa shape index (κ3) is 3.88. The Hall–Kier alpha value is -4.01. The van der Waals surface area contributed by atoms with Crippen molar-refractivity contribution in [2.75, 3.05) is 14.2 Å². The minimum atomic E-state index is -1.44. The van der Waals surface area contributed by atoms with Gasteiger partial charge in [0.05, 0.1) is 36.5 Å². The molecule has 2 aromatic carbocycles. The molecule has 0 radical (unpaired) electrons. The van der Waals surface area contributed by atoms with E-state index in [4.69, 9.17) is 5.11 Å². The van der Waals surface area contributed by atoms with Gasteiger partial charge in [-0.15, -0.1) is 0 Å². The molecule has 2 aromatic rings. The molecule has 0 atom stereocenters. The lowest BCUT2D eigenvalue weighted by Gasteiger charge is -2.09. The molecule has 0 spiro atoms. The van der Waals surface area contributed by atoms with Gasteiger partial charge in [-0.3, -0.25) is 4.79 Å². The van der Waals surface area contributed by atoms with Crippen molar-refractivity contribution in [1.29, 1.82) is 0 Å². The second-order valence-electron chi connectivity index (χ2n) is 5.44. The number of aromatic carboxylic acids is 2. The van der Waals surface area contributed by atoms with Crippen LogP contribution in [0.1, 0.15) is 57.4 Å². The van der Waals surface area contributed by atoms with Gasteiger partial charge in [-0.2, -0.15) is 0 Å². The van der Waals surface area contributed by atoms with Crippen LogP contribution in [0.2, 0.25) is 0 Å². The van der Waals surface area contributed by atoms with Crippen LogP contribution in [0.5, 0.6) is 0 Å². The maximum absolute atomic E-state index is 12.7. The van der Waals surface area contributed by atoms with E-state index in [2.05, 4.69) is 9.47 Å². The van der Waals surface area contributed by atoms with Crippen LogP contribution in [0.4, 0.5) is 0 Å². The molecule has 2 rings (SSSR count). The first-order valence-corrected chi connectivity index (χ1v) is 7.67. The number of hydrogen-bond donors (Lipinski definition) is 2. The fraction of sp³-hybridized carbons (Fsp3) is 0.105. The number of rotatable bonds is 6. The monoisotopic (exact) mass is 386 g/mol. The number of esters is 2. The molecule has 0 aliphatic rings. The van der Waals surface area contributed by atoms with E-state index in [1.807, 2.05) is 0 Å². The quantitative estimate of drug-likeness (QED) is 0.561. The van der Waals surface area contributed by atoms with Gasteiger partial charge in [-0.25, -0.2) is 19.2 Å². The van der Waals surface area contributed by atoms with E-state index in [0.29, 0.717) is 0 Å². The molecular weight excluding hydrogens is 372 g/mol.